The van der Waals surface area contributed by atoms with Crippen LogP contribution in [0.2, 0.25) is 0 Å². The molecule has 1 saturated heterocycles. The summed E-state index contributed by atoms with van der Waals surface area (Å²) in [5, 5.41) is 0.254. The zero-order chi connectivity index (χ0) is 17.8. The Kier molecular flexibility index (Phi) is 5.03. The van der Waals surface area contributed by atoms with Gasteiger partial charge in [-0.25, -0.2) is 0 Å². The molecule has 0 saturated carbocycles. The largest absolute Gasteiger partial charge is 0.294 e. The van der Waals surface area contributed by atoms with Crippen molar-refractivity contribution in [3.63, 3.8) is 0 Å². The zero-order valence-corrected chi connectivity index (χ0v) is 15.2. The molecule has 1 aliphatic rings. The van der Waals surface area contributed by atoms with E-state index in [4.69, 9.17) is 0 Å². The summed E-state index contributed by atoms with van der Waals surface area (Å²) in [6.07, 6.45) is 2.62. The van der Waals surface area contributed by atoms with E-state index in [0.29, 0.717) is 6.42 Å². The highest BCUT2D eigenvalue weighted by molar-refractivity contribution is 8.00. The molecule has 0 bridgehead atoms. The van der Waals surface area contributed by atoms with Gasteiger partial charge in [-0.05, 0) is 22.8 Å². The Labute approximate surface area is 158 Å². The summed E-state index contributed by atoms with van der Waals surface area (Å²) in [5.74, 6) is 0.246. The molecular weight excluding hydrogens is 336 g/mol. The normalized spacial score (nSPS) is 21.7. The Morgan fingerprint density at radius 2 is 1.27 bits per heavy atom. The molecule has 0 radical (unpaired) electrons. The molecule has 26 heavy (non-hydrogen) atoms. The number of Topliss-reactive ketones (excluding diaryl/α,β-unsaturated/α-hetero) is 1. The van der Waals surface area contributed by atoms with Crippen LogP contribution in [0.25, 0.3) is 6.08 Å². The lowest BCUT2D eigenvalue weighted by Crippen LogP contribution is -2.19. The number of hydrogen-bond acceptors (Lipinski definition) is 2. The summed E-state index contributed by atoms with van der Waals surface area (Å²) in [4.78, 5) is 13.1. The first-order valence-electron chi connectivity index (χ1n) is 8.86. The third-order valence-electron chi connectivity index (χ3n) is 4.67. The quantitative estimate of drug-likeness (QED) is 0.515. The van der Waals surface area contributed by atoms with Crippen molar-refractivity contribution in [3.05, 3.63) is 113 Å². The van der Waals surface area contributed by atoms with Crippen molar-refractivity contribution in [3.8, 4) is 0 Å². The minimum absolute atomic E-state index is 0.0582. The van der Waals surface area contributed by atoms with Gasteiger partial charge in [0.1, 0.15) is 0 Å². The Morgan fingerprint density at radius 3 is 1.88 bits per heavy atom. The predicted molar refractivity (Wildman–Crippen MR) is 110 cm³/mol. The number of benzene rings is 3. The molecule has 0 amide bonds. The summed E-state index contributed by atoms with van der Waals surface area (Å²) in [6, 6.07) is 30.9. The highest BCUT2D eigenvalue weighted by Gasteiger charge is 2.34. The van der Waals surface area contributed by atoms with Crippen LogP contribution in [0.1, 0.15) is 33.6 Å². The topological polar surface area (TPSA) is 17.1 Å². The molecule has 1 aliphatic heterocycles. The summed E-state index contributed by atoms with van der Waals surface area (Å²) < 4.78 is 0. The van der Waals surface area contributed by atoms with Gasteiger partial charge in [0.05, 0.1) is 5.25 Å². The van der Waals surface area contributed by atoms with Crippen LogP contribution < -0.4 is 0 Å². The van der Waals surface area contributed by atoms with Crippen molar-refractivity contribution in [1.82, 2.24) is 0 Å². The standard InChI is InChI=1S/C24H20OS/c25-22-17-23(19-12-6-2-7-13-19)26-24(20-14-8-3-9-15-20)21(22)16-18-10-4-1-5-11-18/h1-16,23-24H,17H2/t23-,24-/m1/s1. The van der Waals surface area contributed by atoms with Gasteiger partial charge in [-0.2, -0.15) is 0 Å². The molecule has 2 heteroatoms. The second-order valence-corrected chi connectivity index (χ2v) is 7.78. The second-order valence-electron chi connectivity index (χ2n) is 6.46. The summed E-state index contributed by atoms with van der Waals surface area (Å²) in [6.45, 7) is 0. The molecule has 0 spiro atoms. The van der Waals surface area contributed by atoms with Gasteiger partial charge in [0.25, 0.3) is 0 Å². The van der Waals surface area contributed by atoms with Gasteiger partial charge in [0.15, 0.2) is 5.78 Å². The van der Waals surface area contributed by atoms with Gasteiger partial charge < -0.3 is 0 Å². The van der Waals surface area contributed by atoms with Crippen LogP contribution in [0.5, 0.6) is 0 Å². The van der Waals surface area contributed by atoms with E-state index in [9.17, 15) is 4.79 Å². The van der Waals surface area contributed by atoms with Gasteiger partial charge >= 0.3 is 0 Å². The van der Waals surface area contributed by atoms with Crippen LogP contribution in [0.3, 0.4) is 0 Å². The maximum absolute atomic E-state index is 13.1. The van der Waals surface area contributed by atoms with Gasteiger partial charge in [0.2, 0.25) is 0 Å². The molecule has 4 rings (SSSR count). The van der Waals surface area contributed by atoms with Crippen molar-refractivity contribution < 1.29 is 4.79 Å². The van der Waals surface area contributed by atoms with Crippen LogP contribution in [0, 0.1) is 0 Å². The average Bonchev–Trinajstić information content (AvgIpc) is 2.71. The number of rotatable bonds is 3. The predicted octanol–water partition coefficient (Wildman–Crippen LogP) is 6.26. The molecule has 0 unspecified atom stereocenters. The molecule has 0 N–H and O–H groups in total. The average molecular weight is 356 g/mol. The summed E-state index contributed by atoms with van der Waals surface area (Å²) >= 11 is 1.88. The maximum atomic E-state index is 13.1. The third kappa shape index (κ3) is 3.66. The van der Waals surface area contributed by atoms with Crippen molar-refractivity contribution in [2.45, 2.75) is 16.9 Å². The number of thioether (sulfide) groups is 1. The molecule has 0 aromatic heterocycles. The molecular formula is C24H20OS. The van der Waals surface area contributed by atoms with E-state index in [0.717, 1.165) is 11.1 Å². The smallest absolute Gasteiger partial charge is 0.161 e. The first-order chi connectivity index (χ1) is 12.8. The molecule has 0 aliphatic carbocycles. The van der Waals surface area contributed by atoms with E-state index in [2.05, 4.69) is 42.5 Å². The first kappa shape index (κ1) is 16.9. The lowest BCUT2D eigenvalue weighted by Gasteiger charge is -2.31. The molecule has 1 nitrogen and oxygen atoms in total. The van der Waals surface area contributed by atoms with E-state index in [1.54, 1.807) is 0 Å². The van der Waals surface area contributed by atoms with Crippen LogP contribution in [0.15, 0.2) is 96.6 Å². The second kappa shape index (κ2) is 7.76. The lowest BCUT2D eigenvalue weighted by molar-refractivity contribution is -0.115. The number of hydrogen-bond donors (Lipinski definition) is 0. The Morgan fingerprint density at radius 1 is 0.731 bits per heavy atom. The molecule has 3 aromatic rings. The minimum atomic E-state index is 0.0582. The van der Waals surface area contributed by atoms with Crippen molar-refractivity contribution >= 4 is 23.6 Å². The Balaban J connectivity index is 1.74. The van der Waals surface area contributed by atoms with Gasteiger partial charge in [-0.3, -0.25) is 4.79 Å². The SMILES string of the molecule is O=C1C[C@H](c2ccccc2)S[C@H](c2ccccc2)C1=Cc1ccccc1. The fourth-order valence-corrected chi connectivity index (χ4v) is 4.90. The minimum Gasteiger partial charge on any atom is -0.294 e. The maximum Gasteiger partial charge on any atom is 0.161 e. The molecule has 1 fully saturated rings. The Hall–Kier alpha value is -2.58. The first-order valence-corrected chi connectivity index (χ1v) is 9.81. The van der Waals surface area contributed by atoms with Gasteiger partial charge in [-0.1, -0.05) is 91.0 Å². The van der Waals surface area contributed by atoms with Crippen molar-refractivity contribution in [2.24, 2.45) is 0 Å². The molecule has 3 aromatic carbocycles. The number of carbonyl (C=O) groups excluding carboxylic acids is 1. The lowest BCUT2D eigenvalue weighted by atomic mass is 9.94. The summed E-state index contributed by atoms with van der Waals surface area (Å²) in [7, 11) is 0. The zero-order valence-electron chi connectivity index (χ0n) is 14.4. The van der Waals surface area contributed by atoms with E-state index in [1.807, 2.05) is 66.4 Å². The van der Waals surface area contributed by atoms with Crippen LogP contribution in [-0.4, -0.2) is 5.78 Å². The third-order valence-corrected chi connectivity index (χ3v) is 6.24. The Bertz CT molecular complexity index is 901. The van der Waals surface area contributed by atoms with E-state index >= 15 is 0 Å². The summed E-state index contributed by atoms with van der Waals surface area (Å²) in [5.41, 5.74) is 4.40. The highest BCUT2D eigenvalue weighted by Crippen LogP contribution is 2.51. The highest BCUT2D eigenvalue weighted by atomic mass is 32.2. The fraction of sp³-hybridized carbons (Fsp3) is 0.125. The fourth-order valence-electron chi connectivity index (χ4n) is 3.35. The monoisotopic (exact) mass is 356 g/mol. The van der Waals surface area contributed by atoms with E-state index in [-0.39, 0.29) is 16.3 Å². The molecule has 2 atom stereocenters. The number of ketones is 1. The van der Waals surface area contributed by atoms with Crippen molar-refractivity contribution in [1.29, 1.82) is 0 Å². The molecule has 1 heterocycles. The van der Waals surface area contributed by atoms with Crippen molar-refractivity contribution in [2.75, 3.05) is 0 Å². The van der Waals surface area contributed by atoms with E-state index in [1.165, 1.54) is 11.1 Å². The van der Waals surface area contributed by atoms with Gasteiger partial charge in [0, 0.05) is 17.2 Å². The van der Waals surface area contributed by atoms with Crippen LogP contribution in [0.4, 0.5) is 0 Å². The van der Waals surface area contributed by atoms with Gasteiger partial charge in [-0.15, -0.1) is 11.8 Å². The van der Waals surface area contributed by atoms with Crippen LogP contribution >= 0.6 is 11.8 Å². The molecule has 128 valence electrons. The van der Waals surface area contributed by atoms with E-state index < -0.39 is 0 Å². The number of carbonyl (C=O) groups is 1. The van der Waals surface area contributed by atoms with Crippen LogP contribution in [-0.2, 0) is 4.79 Å².